The molecule has 0 spiro atoms. The molecule has 2 aromatic rings. The highest BCUT2D eigenvalue weighted by molar-refractivity contribution is 8.00. The second kappa shape index (κ2) is 5.50. The van der Waals surface area contributed by atoms with Crippen LogP contribution in [0, 0.1) is 0 Å². The van der Waals surface area contributed by atoms with Crippen molar-refractivity contribution in [2.45, 2.75) is 5.51 Å². The highest BCUT2D eigenvalue weighted by atomic mass is 35.5. The van der Waals surface area contributed by atoms with E-state index in [1.54, 1.807) is 6.07 Å². The second-order valence-corrected chi connectivity index (χ2v) is 5.59. The first kappa shape index (κ1) is 13.7. The van der Waals surface area contributed by atoms with E-state index in [0.717, 1.165) is 5.39 Å². The molecule has 18 heavy (non-hydrogen) atoms. The predicted molar refractivity (Wildman–Crippen MR) is 69.4 cm³/mol. The van der Waals surface area contributed by atoms with Crippen LogP contribution in [0.5, 0.6) is 0 Å². The lowest BCUT2D eigenvalue weighted by atomic mass is 10.4. The van der Waals surface area contributed by atoms with E-state index in [4.69, 9.17) is 11.6 Å². The number of nitrogens with one attached hydrogen (secondary N) is 1. The molecule has 2 rings (SSSR count). The molecule has 0 unspecified atom stereocenters. The molecule has 2 aromatic heterocycles. The fraction of sp³-hybridized carbons (Fsp3) is 0.333. The molecular weight excluding hydrogens is 307 g/mol. The van der Waals surface area contributed by atoms with Crippen molar-refractivity contribution in [3.8, 4) is 0 Å². The van der Waals surface area contributed by atoms with Crippen LogP contribution in [0.15, 0.2) is 11.4 Å². The van der Waals surface area contributed by atoms with Gasteiger partial charge in [-0.15, -0.1) is 11.3 Å². The standard InChI is InChI=1S/C9H7ClF3N3S2/c10-8-15-6(5-1-3-17-7(5)16-8)14-2-4-18-9(11,12)13/h1,3H,2,4H2,(H,14,15,16). The van der Waals surface area contributed by atoms with Gasteiger partial charge >= 0.3 is 5.51 Å². The largest absolute Gasteiger partial charge is 0.441 e. The van der Waals surface area contributed by atoms with E-state index in [-0.39, 0.29) is 29.3 Å². The Hall–Kier alpha value is -0.730. The van der Waals surface area contributed by atoms with Crippen LogP contribution in [-0.4, -0.2) is 27.8 Å². The lowest BCUT2D eigenvalue weighted by molar-refractivity contribution is -0.0327. The molecule has 2 heterocycles. The first-order chi connectivity index (χ1) is 8.46. The Balaban J connectivity index is 2.01. The lowest BCUT2D eigenvalue weighted by Crippen LogP contribution is -2.10. The highest BCUT2D eigenvalue weighted by Crippen LogP contribution is 2.30. The fourth-order valence-electron chi connectivity index (χ4n) is 1.30. The summed E-state index contributed by atoms with van der Waals surface area (Å²) in [4.78, 5) is 8.69. The van der Waals surface area contributed by atoms with E-state index in [2.05, 4.69) is 15.3 Å². The Morgan fingerprint density at radius 3 is 2.89 bits per heavy atom. The molecule has 98 valence electrons. The molecule has 0 saturated carbocycles. The van der Waals surface area contributed by atoms with Gasteiger partial charge in [-0.2, -0.15) is 13.2 Å². The minimum atomic E-state index is -4.21. The van der Waals surface area contributed by atoms with Crippen LogP contribution >= 0.6 is 34.7 Å². The Morgan fingerprint density at radius 1 is 1.39 bits per heavy atom. The average Bonchev–Trinajstić information content (AvgIpc) is 2.70. The van der Waals surface area contributed by atoms with Gasteiger partial charge in [0.2, 0.25) is 5.28 Å². The van der Waals surface area contributed by atoms with Gasteiger partial charge in [-0.1, -0.05) is 0 Å². The number of anilines is 1. The first-order valence-corrected chi connectivity index (χ1v) is 7.05. The zero-order chi connectivity index (χ0) is 13.2. The van der Waals surface area contributed by atoms with Gasteiger partial charge in [0, 0.05) is 12.3 Å². The molecule has 0 aliphatic carbocycles. The number of nitrogens with zero attached hydrogens (tertiary/aromatic N) is 2. The van der Waals surface area contributed by atoms with E-state index >= 15 is 0 Å². The molecule has 0 saturated heterocycles. The zero-order valence-corrected chi connectivity index (χ0v) is 11.2. The third-order valence-electron chi connectivity index (χ3n) is 1.96. The molecule has 0 aromatic carbocycles. The molecule has 0 amide bonds. The minimum absolute atomic E-state index is 0.0718. The van der Waals surface area contributed by atoms with Gasteiger partial charge in [0.05, 0.1) is 5.39 Å². The Kier molecular flexibility index (Phi) is 4.18. The van der Waals surface area contributed by atoms with Crippen LogP contribution in [0.4, 0.5) is 19.0 Å². The van der Waals surface area contributed by atoms with Crippen LogP contribution in [0.25, 0.3) is 10.2 Å². The summed E-state index contributed by atoms with van der Waals surface area (Å²) in [6.45, 7) is 0.155. The number of alkyl halides is 3. The van der Waals surface area contributed by atoms with E-state index in [9.17, 15) is 13.2 Å². The zero-order valence-electron chi connectivity index (χ0n) is 8.79. The van der Waals surface area contributed by atoms with Crippen molar-refractivity contribution in [1.82, 2.24) is 9.97 Å². The number of hydrogen-bond donors (Lipinski definition) is 1. The van der Waals surface area contributed by atoms with Crippen LogP contribution in [0.2, 0.25) is 5.28 Å². The van der Waals surface area contributed by atoms with Gasteiger partial charge < -0.3 is 5.32 Å². The van der Waals surface area contributed by atoms with Gasteiger partial charge in [-0.25, -0.2) is 9.97 Å². The second-order valence-electron chi connectivity index (χ2n) is 3.20. The first-order valence-electron chi connectivity index (χ1n) is 4.81. The number of thiophene rings is 1. The molecule has 1 N–H and O–H groups in total. The molecule has 0 aliphatic heterocycles. The van der Waals surface area contributed by atoms with Crippen molar-refractivity contribution < 1.29 is 13.2 Å². The minimum Gasteiger partial charge on any atom is -0.369 e. The summed E-state index contributed by atoms with van der Waals surface area (Å²) < 4.78 is 35.8. The maximum Gasteiger partial charge on any atom is 0.441 e. The molecule has 0 fully saturated rings. The predicted octanol–water partition coefficient (Wildman–Crippen LogP) is 4.01. The molecule has 0 aliphatic rings. The average molecular weight is 314 g/mol. The number of halogens is 4. The normalized spacial score (nSPS) is 12.0. The van der Waals surface area contributed by atoms with Gasteiger partial charge in [-0.05, 0) is 34.8 Å². The molecule has 0 atom stereocenters. The summed E-state index contributed by atoms with van der Waals surface area (Å²) in [5.41, 5.74) is -4.21. The summed E-state index contributed by atoms with van der Waals surface area (Å²) in [6, 6.07) is 1.80. The number of hydrogen-bond acceptors (Lipinski definition) is 5. The van der Waals surface area contributed by atoms with Crippen molar-refractivity contribution >= 4 is 50.7 Å². The van der Waals surface area contributed by atoms with Crippen LogP contribution in [0.3, 0.4) is 0 Å². The third kappa shape index (κ3) is 3.63. The van der Waals surface area contributed by atoms with Crippen LogP contribution in [-0.2, 0) is 0 Å². The summed E-state index contributed by atoms with van der Waals surface area (Å²) in [5, 5.41) is 5.51. The Labute approximate surface area is 114 Å². The number of fused-ring (bicyclic) bond motifs is 1. The summed E-state index contributed by atoms with van der Waals surface area (Å²) in [5.74, 6) is 0.380. The van der Waals surface area contributed by atoms with Crippen molar-refractivity contribution in [3.05, 3.63) is 16.7 Å². The monoisotopic (exact) mass is 313 g/mol. The van der Waals surface area contributed by atoms with E-state index < -0.39 is 5.51 Å². The molecule has 0 radical (unpaired) electrons. The van der Waals surface area contributed by atoms with Crippen molar-refractivity contribution in [2.24, 2.45) is 0 Å². The van der Waals surface area contributed by atoms with Gasteiger partial charge in [0.1, 0.15) is 10.6 Å². The molecule has 9 heteroatoms. The number of aromatic nitrogens is 2. The van der Waals surface area contributed by atoms with E-state index in [1.807, 2.05) is 5.38 Å². The maximum absolute atomic E-state index is 11.9. The Morgan fingerprint density at radius 2 is 2.17 bits per heavy atom. The van der Waals surface area contributed by atoms with Crippen LogP contribution < -0.4 is 5.32 Å². The van der Waals surface area contributed by atoms with Crippen LogP contribution in [0.1, 0.15) is 0 Å². The summed E-state index contributed by atoms with van der Waals surface area (Å²) in [7, 11) is 0. The van der Waals surface area contributed by atoms with Gasteiger partial charge in [0.15, 0.2) is 0 Å². The topological polar surface area (TPSA) is 37.8 Å². The van der Waals surface area contributed by atoms with Crippen molar-refractivity contribution in [2.75, 3.05) is 17.6 Å². The quantitative estimate of drug-likeness (QED) is 0.683. The molecule has 0 bridgehead atoms. The Bertz CT molecular complexity index is 543. The lowest BCUT2D eigenvalue weighted by Gasteiger charge is -2.08. The van der Waals surface area contributed by atoms with E-state index in [0.29, 0.717) is 10.6 Å². The SMILES string of the molecule is FC(F)(F)SCCNc1nc(Cl)nc2sccc12. The maximum atomic E-state index is 11.9. The summed E-state index contributed by atoms with van der Waals surface area (Å²) in [6.07, 6.45) is 0. The molecule has 3 nitrogen and oxygen atoms in total. The smallest absolute Gasteiger partial charge is 0.369 e. The number of rotatable bonds is 4. The third-order valence-corrected chi connectivity index (χ3v) is 3.67. The highest BCUT2D eigenvalue weighted by Gasteiger charge is 2.27. The van der Waals surface area contributed by atoms with Crippen molar-refractivity contribution in [1.29, 1.82) is 0 Å². The molecular formula is C9H7ClF3N3S2. The van der Waals surface area contributed by atoms with Gasteiger partial charge in [0.25, 0.3) is 0 Å². The number of thioether (sulfide) groups is 1. The van der Waals surface area contributed by atoms with Crippen molar-refractivity contribution in [3.63, 3.8) is 0 Å². The fourth-order valence-corrected chi connectivity index (χ4v) is 2.72. The van der Waals surface area contributed by atoms with Gasteiger partial charge in [-0.3, -0.25) is 0 Å². The van der Waals surface area contributed by atoms with E-state index in [1.165, 1.54) is 11.3 Å². The summed E-state index contributed by atoms with van der Waals surface area (Å²) >= 11 is 7.05.